The molecule has 3 aromatic carbocycles. The molecule has 3 rings (SSSR count). The Morgan fingerprint density at radius 3 is 1.67 bits per heavy atom. The summed E-state index contributed by atoms with van der Waals surface area (Å²) in [7, 11) is 1.72. The van der Waals surface area contributed by atoms with E-state index in [-0.39, 0.29) is 0 Å². The summed E-state index contributed by atoms with van der Waals surface area (Å²) in [5.41, 5.74) is 2.56. The number of benzene rings is 3. The Balaban J connectivity index is 1.84. The minimum atomic E-state index is 0.911. The lowest BCUT2D eigenvalue weighted by atomic mass is 10.2. The van der Waals surface area contributed by atoms with E-state index in [1.165, 1.54) is 25.8 Å². The van der Waals surface area contributed by atoms with Gasteiger partial charge in [-0.15, -0.1) is 0 Å². The van der Waals surface area contributed by atoms with Gasteiger partial charge in [0.1, 0.15) is 5.75 Å². The standard InChI is InChI=1S/C21H20OS2/c1-15-4-8-17(9-5-15)23-19-12-13-20(22-3)21(14-19)24-18-10-6-16(2)7-11-18/h4-14H,1-3H3. The lowest BCUT2D eigenvalue weighted by Gasteiger charge is -2.11. The SMILES string of the molecule is COc1ccc(Sc2ccc(C)cc2)cc1Sc1ccc(C)cc1. The van der Waals surface area contributed by atoms with Crippen LogP contribution < -0.4 is 4.74 Å². The van der Waals surface area contributed by atoms with Crippen LogP contribution in [0.15, 0.2) is 86.3 Å². The monoisotopic (exact) mass is 352 g/mol. The Labute approximate surface area is 152 Å². The van der Waals surface area contributed by atoms with Crippen LogP contribution in [0.5, 0.6) is 5.75 Å². The van der Waals surface area contributed by atoms with Gasteiger partial charge in [0.25, 0.3) is 0 Å². The molecular weight excluding hydrogens is 332 g/mol. The van der Waals surface area contributed by atoms with Crippen LogP contribution in [0, 0.1) is 13.8 Å². The van der Waals surface area contributed by atoms with Gasteiger partial charge in [-0.1, -0.05) is 58.9 Å². The number of aryl methyl sites for hydroxylation is 2. The van der Waals surface area contributed by atoms with E-state index in [0.717, 1.165) is 10.6 Å². The van der Waals surface area contributed by atoms with Crippen LogP contribution >= 0.6 is 23.5 Å². The molecule has 0 amide bonds. The van der Waals surface area contributed by atoms with Crippen molar-refractivity contribution in [2.75, 3.05) is 7.11 Å². The lowest BCUT2D eigenvalue weighted by molar-refractivity contribution is 0.404. The summed E-state index contributed by atoms with van der Waals surface area (Å²) in [5, 5.41) is 0. The molecule has 3 aromatic rings. The molecule has 0 spiro atoms. The molecule has 0 fully saturated rings. The number of methoxy groups -OCH3 is 1. The quantitative estimate of drug-likeness (QED) is 0.511. The van der Waals surface area contributed by atoms with Crippen molar-refractivity contribution in [1.82, 2.24) is 0 Å². The molecule has 0 saturated carbocycles. The van der Waals surface area contributed by atoms with Crippen LogP contribution in [0.2, 0.25) is 0 Å². The Hall–Kier alpha value is -1.84. The maximum atomic E-state index is 5.53. The highest BCUT2D eigenvalue weighted by atomic mass is 32.2. The zero-order valence-corrected chi connectivity index (χ0v) is 15.7. The molecule has 3 heteroatoms. The average Bonchev–Trinajstić information content (AvgIpc) is 2.59. The summed E-state index contributed by atoms with van der Waals surface area (Å²) in [6.07, 6.45) is 0. The second-order valence-corrected chi connectivity index (χ2v) is 7.91. The third kappa shape index (κ3) is 4.37. The van der Waals surface area contributed by atoms with E-state index < -0.39 is 0 Å². The summed E-state index contributed by atoms with van der Waals surface area (Å²) in [6.45, 7) is 4.21. The van der Waals surface area contributed by atoms with E-state index in [1.54, 1.807) is 30.6 Å². The third-order valence-corrected chi connectivity index (χ3v) is 5.68. The third-order valence-electron chi connectivity index (χ3n) is 3.64. The molecular formula is C21H20OS2. The van der Waals surface area contributed by atoms with Crippen LogP contribution in [-0.2, 0) is 0 Å². The first kappa shape index (κ1) is 17.0. The molecule has 0 saturated heterocycles. The molecule has 0 bridgehead atoms. The Morgan fingerprint density at radius 1 is 0.625 bits per heavy atom. The van der Waals surface area contributed by atoms with Gasteiger partial charge in [0.05, 0.1) is 12.0 Å². The molecule has 0 unspecified atom stereocenters. The predicted molar refractivity (Wildman–Crippen MR) is 104 cm³/mol. The zero-order valence-electron chi connectivity index (χ0n) is 14.1. The molecule has 0 atom stereocenters. The molecule has 1 nitrogen and oxygen atoms in total. The van der Waals surface area contributed by atoms with E-state index in [1.807, 2.05) is 6.07 Å². The minimum Gasteiger partial charge on any atom is -0.496 e. The molecule has 0 aliphatic heterocycles. The zero-order chi connectivity index (χ0) is 16.9. The van der Waals surface area contributed by atoms with Crippen molar-refractivity contribution in [2.45, 2.75) is 33.4 Å². The topological polar surface area (TPSA) is 9.23 Å². The van der Waals surface area contributed by atoms with Crippen molar-refractivity contribution < 1.29 is 4.74 Å². The molecule has 0 aliphatic rings. The van der Waals surface area contributed by atoms with Gasteiger partial charge < -0.3 is 4.74 Å². The van der Waals surface area contributed by atoms with Gasteiger partial charge in [-0.2, -0.15) is 0 Å². The van der Waals surface area contributed by atoms with Gasteiger partial charge in [-0.25, -0.2) is 0 Å². The maximum absolute atomic E-state index is 5.53. The molecule has 0 aromatic heterocycles. The van der Waals surface area contributed by atoms with Crippen LogP contribution in [-0.4, -0.2) is 7.11 Å². The van der Waals surface area contributed by atoms with E-state index >= 15 is 0 Å². The first-order chi connectivity index (χ1) is 11.6. The normalized spacial score (nSPS) is 10.6. The van der Waals surface area contributed by atoms with Crippen molar-refractivity contribution in [3.05, 3.63) is 77.9 Å². The van der Waals surface area contributed by atoms with Crippen molar-refractivity contribution in [2.24, 2.45) is 0 Å². The molecule has 0 radical (unpaired) electrons. The van der Waals surface area contributed by atoms with Crippen molar-refractivity contribution in [3.8, 4) is 5.75 Å². The predicted octanol–water partition coefficient (Wildman–Crippen LogP) is 6.61. The number of hydrogen-bond donors (Lipinski definition) is 0. The molecule has 0 N–H and O–H groups in total. The first-order valence-corrected chi connectivity index (χ1v) is 9.44. The first-order valence-electron chi connectivity index (χ1n) is 7.81. The number of rotatable bonds is 5. The van der Waals surface area contributed by atoms with E-state index in [2.05, 4.69) is 74.5 Å². The summed E-state index contributed by atoms with van der Waals surface area (Å²) in [5.74, 6) is 0.911. The van der Waals surface area contributed by atoms with E-state index in [9.17, 15) is 0 Å². The highest BCUT2D eigenvalue weighted by Gasteiger charge is 2.08. The highest BCUT2D eigenvalue weighted by molar-refractivity contribution is 8.00. The molecule has 24 heavy (non-hydrogen) atoms. The minimum absolute atomic E-state index is 0.911. The molecule has 122 valence electrons. The number of ether oxygens (including phenoxy) is 1. The van der Waals surface area contributed by atoms with Crippen LogP contribution in [0.25, 0.3) is 0 Å². The summed E-state index contributed by atoms with van der Waals surface area (Å²) >= 11 is 3.51. The van der Waals surface area contributed by atoms with Gasteiger partial charge in [-0.3, -0.25) is 0 Å². The van der Waals surface area contributed by atoms with Gasteiger partial charge in [0.2, 0.25) is 0 Å². The summed E-state index contributed by atoms with van der Waals surface area (Å²) < 4.78 is 5.53. The molecule has 0 heterocycles. The highest BCUT2D eigenvalue weighted by Crippen LogP contribution is 2.39. The second-order valence-electron chi connectivity index (χ2n) is 5.64. The summed E-state index contributed by atoms with van der Waals surface area (Å²) in [6, 6.07) is 23.6. The largest absolute Gasteiger partial charge is 0.496 e. The van der Waals surface area contributed by atoms with Crippen LogP contribution in [0.4, 0.5) is 0 Å². The van der Waals surface area contributed by atoms with Crippen LogP contribution in [0.3, 0.4) is 0 Å². The average molecular weight is 353 g/mol. The molecule has 0 aliphatic carbocycles. The Morgan fingerprint density at radius 2 is 1.12 bits per heavy atom. The Bertz CT molecular complexity index is 808. The second kappa shape index (κ2) is 7.82. The number of hydrogen-bond acceptors (Lipinski definition) is 3. The van der Waals surface area contributed by atoms with Crippen molar-refractivity contribution in [3.63, 3.8) is 0 Å². The van der Waals surface area contributed by atoms with Gasteiger partial charge in [0, 0.05) is 14.7 Å². The fraction of sp³-hybridized carbons (Fsp3) is 0.143. The van der Waals surface area contributed by atoms with Crippen LogP contribution in [0.1, 0.15) is 11.1 Å². The van der Waals surface area contributed by atoms with Gasteiger partial charge >= 0.3 is 0 Å². The fourth-order valence-corrected chi connectivity index (χ4v) is 4.17. The smallest absolute Gasteiger partial charge is 0.132 e. The Kier molecular flexibility index (Phi) is 5.54. The van der Waals surface area contributed by atoms with Crippen molar-refractivity contribution in [1.29, 1.82) is 0 Å². The maximum Gasteiger partial charge on any atom is 0.132 e. The summed E-state index contributed by atoms with van der Waals surface area (Å²) in [4.78, 5) is 4.82. The van der Waals surface area contributed by atoms with Gasteiger partial charge in [-0.05, 0) is 56.3 Å². The van der Waals surface area contributed by atoms with E-state index in [4.69, 9.17) is 4.74 Å². The van der Waals surface area contributed by atoms with Crippen molar-refractivity contribution >= 4 is 23.5 Å². The van der Waals surface area contributed by atoms with Gasteiger partial charge in [0.15, 0.2) is 0 Å². The lowest BCUT2D eigenvalue weighted by Crippen LogP contribution is -1.87. The van der Waals surface area contributed by atoms with E-state index in [0.29, 0.717) is 0 Å². The fourth-order valence-electron chi connectivity index (χ4n) is 2.28.